The predicted molar refractivity (Wildman–Crippen MR) is 85.3 cm³/mol. The average Bonchev–Trinajstić information content (AvgIpc) is 3.16. The van der Waals surface area contributed by atoms with Crippen molar-refractivity contribution in [2.24, 2.45) is 0 Å². The van der Waals surface area contributed by atoms with Crippen LogP contribution in [0.3, 0.4) is 0 Å². The van der Waals surface area contributed by atoms with Gasteiger partial charge in [-0.1, -0.05) is 30.3 Å². The second-order valence-electron chi connectivity index (χ2n) is 6.10. The zero-order chi connectivity index (χ0) is 14.9. The first-order chi connectivity index (χ1) is 10.8. The lowest BCUT2D eigenvalue weighted by Gasteiger charge is -2.35. The highest BCUT2D eigenvalue weighted by Gasteiger charge is 2.44. The minimum absolute atomic E-state index is 0.482. The van der Waals surface area contributed by atoms with Crippen LogP contribution in [-0.2, 0) is 6.54 Å². The van der Waals surface area contributed by atoms with E-state index < -0.39 is 0 Å². The fourth-order valence-corrected chi connectivity index (χ4v) is 3.73. The molecule has 110 valence electrons. The molecule has 4 rings (SSSR count). The molecule has 0 amide bonds. The summed E-state index contributed by atoms with van der Waals surface area (Å²) in [6, 6.07) is 17.6. The Hall–Kier alpha value is -2.38. The maximum absolute atomic E-state index is 9.27. The molecule has 2 bridgehead atoms. The molecule has 0 spiro atoms. The molecule has 1 aromatic heterocycles. The molecule has 4 heteroatoms. The van der Waals surface area contributed by atoms with Crippen LogP contribution in [0.2, 0.25) is 0 Å². The van der Waals surface area contributed by atoms with Crippen molar-refractivity contribution in [1.82, 2.24) is 9.88 Å². The number of anilines is 1. The Bertz CT molecular complexity index is 707. The molecule has 2 saturated heterocycles. The summed E-state index contributed by atoms with van der Waals surface area (Å²) in [5.74, 6) is 0.858. The number of rotatable bonds is 3. The summed E-state index contributed by atoms with van der Waals surface area (Å²) in [6.07, 6.45) is 2.96. The van der Waals surface area contributed by atoms with Gasteiger partial charge in [-0.2, -0.15) is 5.26 Å². The SMILES string of the molecule is N#Cc1cccnc1N1C[C@@H]2C[C@H]1CN2Cc1ccccc1. The van der Waals surface area contributed by atoms with Crippen molar-refractivity contribution in [3.63, 3.8) is 0 Å². The Morgan fingerprint density at radius 3 is 2.68 bits per heavy atom. The molecule has 0 N–H and O–H groups in total. The number of hydrogen-bond acceptors (Lipinski definition) is 4. The summed E-state index contributed by atoms with van der Waals surface area (Å²) in [5, 5.41) is 9.27. The minimum atomic E-state index is 0.482. The van der Waals surface area contributed by atoms with Crippen LogP contribution in [0.1, 0.15) is 17.5 Å². The zero-order valence-electron chi connectivity index (χ0n) is 12.4. The molecule has 2 aliphatic rings. The van der Waals surface area contributed by atoms with E-state index in [1.165, 1.54) is 12.0 Å². The summed E-state index contributed by atoms with van der Waals surface area (Å²) in [4.78, 5) is 9.33. The molecule has 2 aliphatic heterocycles. The lowest BCUT2D eigenvalue weighted by molar-refractivity contribution is 0.230. The fraction of sp³-hybridized carbons (Fsp3) is 0.333. The lowest BCUT2D eigenvalue weighted by Crippen LogP contribution is -2.46. The van der Waals surface area contributed by atoms with Crippen molar-refractivity contribution >= 4 is 5.82 Å². The molecular weight excluding hydrogens is 272 g/mol. The Labute approximate surface area is 130 Å². The normalized spacial score (nSPS) is 23.7. The number of hydrogen-bond donors (Lipinski definition) is 0. The molecule has 0 aliphatic carbocycles. The van der Waals surface area contributed by atoms with Crippen LogP contribution in [0.4, 0.5) is 5.82 Å². The van der Waals surface area contributed by atoms with Crippen LogP contribution in [0.5, 0.6) is 0 Å². The smallest absolute Gasteiger partial charge is 0.146 e. The van der Waals surface area contributed by atoms with Crippen LogP contribution < -0.4 is 4.90 Å². The van der Waals surface area contributed by atoms with E-state index in [4.69, 9.17) is 0 Å². The van der Waals surface area contributed by atoms with Crippen molar-refractivity contribution in [1.29, 1.82) is 5.26 Å². The molecule has 2 aromatic rings. The Morgan fingerprint density at radius 1 is 1.09 bits per heavy atom. The van der Waals surface area contributed by atoms with Gasteiger partial charge in [0, 0.05) is 37.9 Å². The molecule has 2 atom stereocenters. The van der Waals surface area contributed by atoms with E-state index >= 15 is 0 Å². The van der Waals surface area contributed by atoms with Crippen molar-refractivity contribution in [2.75, 3.05) is 18.0 Å². The van der Waals surface area contributed by atoms with Crippen LogP contribution >= 0.6 is 0 Å². The molecule has 1 aromatic carbocycles. The van der Waals surface area contributed by atoms with Gasteiger partial charge in [0.1, 0.15) is 11.9 Å². The van der Waals surface area contributed by atoms with Crippen molar-refractivity contribution < 1.29 is 0 Å². The molecule has 3 heterocycles. The van der Waals surface area contributed by atoms with Gasteiger partial charge in [-0.25, -0.2) is 4.98 Å². The first kappa shape index (κ1) is 13.3. The minimum Gasteiger partial charge on any atom is -0.350 e. The van der Waals surface area contributed by atoms with Gasteiger partial charge in [-0.3, -0.25) is 4.90 Å². The fourth-order valence-electron chi connectivity index (χ4n) is 3.73. The topological polar surface area (TPSA) is 43.2 Å². The number of fused-ring (bicyclic) bond motifs is 2. The van der Waals surface area contributed by atoms with Crippen LogP contribution in [0, 0.1) is 11.3 Å². The zero-order valence-corrected chi connectivity index (χ0v) is 12.4. The number of likely N-dealkylation sites (tertiary alicyclic amines) is 1. The van der Waals surface area contributed by atoms with E-state index in [0.717, 1.165) is 25.5 Å². The Morgan fingerprint density at radius 2 is 1.95 bits per heavy atom. The molecular formula is C18H18N4. The highest BCUT2D eigenvalue weighted by Crippen LogP contribution is 2.35. The molecule has 0 unspecified atom stereocenters. The highest BCUT2D eigenvalue weighted by molar-refractivity contribution is 5.55. The maximum Gasteiger partial charge on any atom is 0.146 e. The highest BCUT2D eigenvalue weighted by atomic mass is 15.4. The average molecular weight is 290 g/mol. The molecule has 4 nitrogen and oxygen atoms in total. The van der Waals surface area contributed by atoms with Gasteiger partial charge in [-0.15, -0.1) is 0 Å². The summed E-state index contributed by atoms with van der Waals surface area (Å²) >= 11 is 0. The molecule has 2 fully saturated rings. The van der Waals surface area contributed by atoms with E-state index in [0.29, 0.717) is 17.6 Å². The second kappa shape index (κ2) is 5.43. The third-order valence-electron chi connectivity index (χ3n) is 4.76. The summed E-state index contributed by atoms with van der Waals surface area (Å²) in [7, 11) is 0. The van der Waals surface area contributed by atoms with Crippen LogP contribution in [0.15, 0.2) is 48.7 Å². The van der Waals surface area contributed by atoms with Crippen LogP contribution in [0.25, 0.3) is 0 Å². The maximum atomic E-state index is 9.27. The Kier molecular flexibility index (Phi) is 3.28. The van der Waals surface area contributed by atoms with Crippen LogP contribution in [-0.4, -0.2) is 35.1 Å². The van der Waals surface area contributed by atoms with Crippen molar-refractivity contribution in [3.8, 4) is 6.07 Å². The number of pyridine rings is 1. The van der Waals surface area contributed by atoms with Gasteiger partial charge in [0.15, 0.2) is 0 Å². The molecule has 22 heavy (non-hydrogen) atoms. The number of piperazine rings is 1. The third-order valence-corrected chi connectivity index (χ3v) is 4.76. The van der Waals surface area contributed by atoms with Gasteiger partial charge in [0.2, 0.25) is 0 Å². The van der Waals surface area contributed by atoms with E-state index in [2.05, 4.69) is 51.2 Å². The standard InChI is InChI=1S/C18H18N4/c19-10-15-7-4-8-20-18(15)22-13-16-9-17(22)12-21(16)11-14-5-2-1-3-6-14/h1-8,16-17H,9,11-13H2/t16-,17-/m0/s1. The van der Waals surface area contributed by atoms with Gasteiger partial charge in [0.05, 0.1) is 5.56 Å². The van der Waals surface area contributed by atoms with Crippen molar-refractivity contribution in [3.05, 3.63) is 59.8 Å². The first-order valence-corrected chi connectivity index (χ1v) is 7.75. The Balaban J connectivity index is 1.49. The van der Waals surface area contributed by atoms with Gasteiger partial charge >= 0.3 is 0 Å². The van der Waals surface area contributed by atoms with Gasteiger partial charge in [0.25, 0.3) is 0 Å². The van der Waals surface area contributed by atoms with E-state index in [1.54, 1.807) is 6.20 Å². The number of nitrogens with zero attached hydrogens (tertiary/aromatic N) is 4. The first-order valence-electron chi connectivity index (χ1n) is 7.75. The summed E-state index contributed by atoms with van der Waals surface area (Å²) in [6.45, 7) is 3.05. The van der Waals surface area contributed by atoms with Gasteiger partial charge in [-0.05, 0) is 24.1 Å². The quantitative estimate of drug-likeness (QED) is 0.870. The van der Waals surface area contributed by atoms with E-state index in [9.17, 15) is 5.26 Å². The van der Waals surface area contributed by atoms with Crippen molar-refractivity contribution in [2.45, 2.75) is 25.0 Å². The summed E-state index contributed by atoms with van der Waals surface area (Å²) in [5.41, 5.74) is 2.06. The van der Waals surface area contributed by atoms with E-state index in [-0.39, 0.29) is 0 Å². The number of nitriles is 1. The third kappa shape index (κ3) is 2.24. The number of aromatic nitrogens is 1. The largest absolute Gasteiger partial charge is 0.350 e. The lowest BCUT2D eigenvalue weighted by atomic mass is 10.2. The monoisotopic (exact) mass is 290 g/mol. The second-order valence-corrected chi connectivity index (χ2v) is 6.10. The molecule has 0 saturated carbocycles. The van der Waals surface area contributed by atoms with Gasteiger partial charge < -0.3 is 4.90 Å². The predicted octanol–water partition coefficient (Wildman–Crippen LogP) is 2.42. The molecule has 0 radical (unpaired) electrons. The van der Waals surface area contributed by atoms with E-state index in [1.807, 2.05) is 12.1 Å². The summed E-state index contributed by atoms with van der Waals surface area (Å²) < 4.78 is 0. The number of benzene rings is 1.